The number of rotatable bonds is 2. The molecule has 0 nitrogen and oxygen atoms in total. The van der Waals surface area contributed by atoms with Gasteiger partial charge in [-0.2, -0.15) is 0 Å². The molecule has 1 aliphatic carbocycles. The summed E-state index contributed by atoms with van der Waals surface area (Å²) in [6.07, 6.45) is 8.15. The van der Waals surface area contributed by atoms with Crippen LogP contribution in [0.1, 0.15) is 6.42 Å². The molecule has 0 aromatic carbocycles. The van der Waals surface area contributed by atoms with Crippen LogP contribution in [0.3, 0.4) is 0 Å². The summed E-state index contributed by atoms with van der Waals surface area (Å²) in [7, 11) is 0. The molecule has 1 rings (SSSR count). The Kier molecular flexibility index (Phi) is 2.88. The van der Waals surface area contributed by atoms with Gasteiger partial charge < -0.3 is 0 Å². The molecule has 0 spiro atoms. The second kappa shape index (κ2) is 3.32. The number of allylic oxidation sites excluding steroid dienone is 4. The zero-order chi connectivity index (χ0) is 7.61. The third kappa shape index (κ3) is 3.12. The summed E-state index contributed by atoms with van der Waals surface area (Å²) in [6.45, 7) is 7.50. The van der Waals surface area contributed by atoms with Gasteiger partial charge >= 0.3 is 75.2 Å². The standard InChI is InChI=1S/C5H5.C3H9Si.Zr/c1-2-4-5-3-1;1-4(2)3;/h1-3H,4H2;1-3H3;. The third-order valence-electron chi connectivity index (χ3n) is 1.31. The second-order valence-electron chi connectivity index (χ2n) is 3.70. The fourth-order valence-corrected chi connectivity index (χ4v) is 11.2. The summed E-state index contributed by atoms with van der Waals surface area (Å²) in [6, 6.07) is 0. The first-order valence-electron chi connectivity index (χ1n) is 3.72. The Morgan fingerprint density at radius 1 is 1.40 bits per heavy atom. The van der Waals surface area contributed by atoms with Gasteiger partial charge in [0.15, 0.2) is 0 Å². The Labute approximate surface area is 74.9 Å². The molecule has 0 saturated heterocycles. The predicted molar refractivity (Wildman–Crippen MR) is 45.2 cm³/mol. The third-order valence-corrected chi connectivity index (χ3v) is 11.2. The summed E-state index contributed by atoms with van der Waals surface area (Å²) >= 11 is -0.108. The van der Waals surface area contributed by atoms with Gasteiger partial charge in [-0.25, -0.2) is 0 Å². The van der Waals surface area contributed by atoms with E-state index in [1.54, 1.807) is 0 Å². The van der Waals surface area contributed by atoms with Crippen LogP contribution in [0, 0.1) is 0 Å². The monoisotopic (exact) mass is 228 g/mol. The van der Waals surface area contributed by atoms with E-state index >= 15 is 0 Å². The summed E-state index contributed by atoms with van der Waals surface area (Å²) < 4.78 is 1.81. The first-order chi connectivity index (χ1) is 4.58. The molecule has 0 fully saturated rings. The van der Waals surface area contributed by atoms with Crippen LogP contribution in [0.25, 0.3) is 0 Å². The summed E-state index contributed by atoms with van der Waals surface area (Å²) in [4.78, 5) is 0. The van der Waals surface area contributed by atoms with E-state index in [1.807, 2.05) is 3.28 Å². The van der Waals surface area contributed by atoms with Crippen molar-refractivity contribution in [2.24, 2.45) is 0 Å². The van der Waals surface area contributed by atoms with E-state index in [0.717, 1.165) is 0 Å². The SMILES string of the molecule is C[Si](C)(C)[Zr][C]1=CC=CC1. The van der Waals surface area contributed by atoms with Crippen molar-refractivity contribution in [3.63, 3.8) is 0 Å². The average Bonchev–Trinajstić information content (AvgIpc) is 2.12. The van der Waals surface area contributed by atoms with Crippen LogP contribution in [0.5, 0.6) is 0 Å². The summed E-state index contributed by atoms with van der Waals surface area (Å²) in [5, 5.41) is -0.661. The fraction of sp³-hybridized carbons (Fsp3) is 0.500. The Morgan fingerprint density at radius 3 is 2.50 bits per heavy atom. The molecule has 0 aromatic heterocycles. The molecule has 2 heteroatoms. The quantitative estimate of drug-likeness (QED) is 0.639. The van der Waals surface area contributed by atoms with Crippen molar-refractivity contribution in [1.29, 1.82) is 0 Å². The number of hydrogen-bond donors (Lipinski definition) is 0. The van der Waals surface area contributed by atoms with E-state index in [-0.39, 0.29) is 22.4 Å². The van der Waals surface area contributed by atoms with Crippen molar-refractivity contribution in [3.8, 4) is 0 Å². The topological polar surface area (TPSA) is 0 Å². The van der Waals surface area contributed by atoms with Crippen molar-refractivity contribution in [2.75, 3.05) is 0 Å². The van der Waals surface area contributed by atoms with Gasteiger partial charge in [0.1, 0.15) is 0 Å². The zero-order valence-electron chi connectivity index (χ0n) is 6.94. The second-order valence-corrected chi connectivity index (χ2v) is 22.9. The van der Waals surface area contributed by atoms with Gasteiger partial charge in [-0.1, -0.05) is 0 Å². The first kappa shape index (κ1) is 8.67. The van der Waals surface area contributed by atoms with Gasteiger partial charge in [0.2, 0.25) is 0 Å². The van der Waals surface area contributed by atoms with Crippen molar-refractivity contribution < 1.29 is 22.4 Å². The Bertz CT molecular complexity index is 174. The van der Waals surface area contributed by atoms with Crippen molar-refractivity contribution in [2.45, 2.75) is 26.1 Å². The zero-order valence-corrected chi connectivity index (χ0v) is 10.4. The van der Waals surface area contributed by atoms with Crippen LogP contribution in [-0.4, -0.2) is 5.20 Å². The van der Waals surface area contributed by atoms with E-state index in [0.29, 0.717) is 0 Å². The van der Waals surface area contributed by atoms with Gasteiger partial charge in [0, 0.05) is 0 Å². The van der Waals surface area contributed by atoms with Crippen LogP contribution in [0.2, 0.25) is 19.6 Å². The summed E-state index contributed by atoms with van der Waals surface area (Å²) in [5.41, 5.74) is 0. The predicted octanol–water partition coefficient (Wildman–Crippen LogP) is 2.75. The Balaban J connectivity index is 2.41. The van der Waals surface area contributed by atoms with Crippen molar-refractivity contribution in [3.05, 3.63) is 21.5 Å². The molecule has 0 heterocycles. The molecule has 0 bridgehead atoms. The van der Waals surface area contributed by atoms with Crippen LogP contribution < -0.4 is 0 Å². The maximum absolute atomic E-state index is 2.50. The molecule has 0 atom stereocenters. The maximum atomic E-state index is 2.50. The van der Waals surface area contributed by atoms with E-state index in [2.05, 4.69) is 37.9 Å². The van der Waals surface area contributed by atoms with Crippen LogP contribution in [0.4, 0.5) is 0 Å². The van der Waals surface area contributed by atoms with Crippen LogP contribution in [0.15, 0.2) is 21.5 Å². The average molecular weight is 230 g/mol. The molecule has 0 aliphatic heterocycles. The molecule has 0 radical (unpaired) electrons. The normalized spacial score (nSPS) is 17.3. The molecular formula is C8H14SiZr. The van der Waals surface area contributed by atoms with E-state index in [9.17, 15) is 0 Å². The van der Waals surface area contributed by atoms with Crippen molar-refractivity contribution >= 4 is 5.20 Å². The fourth-order valence-electron chi connectivity index (χ4n) is 1.02. The Hall–Kier alpha value is 0.580. The Morgan fingerprint density at radius 2 is 2.10 bits per heavy atom. The molecule has 1 aliphatic rings. The molecule has 10 heavy (non-hydrogen) atoms. The van der Waals surface area contributed by atoms with Gasteiger partial charge in [0.25, 0.3) is 0 Å². The molecule has 0 unspecified atom stereocenters. The van der Waals surface area contributed by atoms with E-state index in [1.165, 1.54) is 6.42 Å². The summed E-state index contributed by atoms with van der Waals surface area (Å²) in [5.74, 6) is 0. The minimum absolute atomic E-state index is 0.108. The van der Waals surface area contributed by atoms with Crippen molar-refractivity contribution in [1.82, 2.24) is 0 Å². The van der Waals surface area contributed by atoms with E-state index in [4.69, 9.17) is 0 Å². The van der Waals surface area contributed by atoms with Gasteiger partial charge in [-0.15, -0.1) is 0 Å². The van der Waals surface area contributed by atoms with E-state index < -0.39 is 5.20 Å². The number of hydrogen-bond acceptors (Lipinski definition) is 0. The molecular weight excluding hydrogens is 215 g/mol. The first-order valence-corrected chi connectivity index (χ1v) is 12.1. The minimum atomic E-state index is -0.661. The van der Waals surface area contributed by atoms with Gasteiger partial charge in [0.05, 0.1) is 0 Å². The molecule has 54 valence electrons. The molecule has 0 amide bonds. The van der Waals surface area contributed by atoms with Gasteiger partial charge in [-0.05, 0) is 0 Å². The van der Waals surface area contributed by atoms with Crippen LogP contribution in [-0.2, 0) is 22.4 Å². The molecule has 0 saturated carbocycles. The van der Waals surface area contributed by atoms with Crippen LogP contribution >= 0.6 is 0 Å². The molecule has 0 aromatic rings. The molecule has 0 N–H and O–H groups in total. The van der Waals surface area contributed by atoms with Gasteiger partial charge in [-0.3, -0.25) is 0 Å².